The maximum absolute atomic E-state index is 11.9. The van der Waals surface area contributed by atoms with Crippen LogP contribution in [0.15, 0.2) is 33.4 Å². The highest BCUT2D eigenvalue weighted by molar-refractivity contribution is 5.84. The van der Waals surface area contributed by atoms with Crippen LogP contribution < -0.4 is 22.7 Å². The summed E-state index contributed by atoms with van der Waals surface area (Å²) in [7, 11) is 0. The Balaban J connectivity index is 2.23. The number of amides is 1. The number of aromatic amines is 1. The highest BCUT2D eigenvalue weighted by atomic mass is 16.6. The topological polar surface area (TPSA) is 224 Å². The zero-order valence-corrected chi connectivity index (χ0v) is 13.6. The molecule has 0 aromatic carbocycles. The molecular formula is C14H15N5O8. The van der Waals surface area contributed by atoms with Crippen molar-refractivity contribution in [1.29, 1.82) is 5.26 Å². The van der Waals surface area contributed by atoms with Crippen LogP contribution in [-0.4, -0.2) is 50.4 Å². The van der Waals surface area contributed by atoms with Crippen LogP contribution >= 0.6 is 0 Å². The summed E-state index contributed by atoms with van der Waals surface area (Å²) in [4.78, 5) is 47.4. The van der Waals surface area contributed by atoms with Crippen molar-refractivity contribution in [2.45, 2.75) is 24.3 Å². The van der Waals surface area contributed by atoms with Gasteiger partial charge in [0.25, 0.3) is 5.56 Å². The highest BCUT2D eigenvalue weighted by Crippen LogP contribution is 2.36. The van der Waals surface area contributed by atoms with Gasteiger partial charge in [0.1, 0.15) is 12.1 Å². The molecule has 0 bridgehead atoms. The molecule has 0 fully saturated rings. The molecule has 0 aliphatic carbocycles. The van der Waals surface area contributed by atoms with Crippen LogP contribution in [0.25, 0.3) is 0 Å². The third-order valence-corrected chi connectivity index (χ3v) is 3.61. The first-order chi connectivity index (χ1) is 12.6. The minimum absolute atomic E-state index is 0.484. The van der Waals surface area contributed by atoms with Crippen molar-refractivity contribution in [3.05, 3.63) is 44.6 Å². The second-order valence-corrected chi connectivity index (χ2v) is 5.49. The number of aliphatic hydroxyl groups is 2. The predicted molar refractivity (Wildman–Crippen MR) is 84.4 cm³/mol. The molecule has 1 aliphatic rings. The molecule has 1 unspecified atom stereocenters. The van der Waals surface area contributed by atoms with Gasteiger partial charge in [-0.05, 0) is 0 Å². The average Bonchev–Trinajstić information content (AvgIpc) is 2.84. The lowest BCUT2D eigenvalue weighted by atomic mass is 10.1. The summed E-state index contributed by atoms with van der Waals surface area (Å²) in [6.07, 6.45) is -1.62. The van der Waals surface area contributed by atoms with E-state index >= 15 is 0 Å². The monoisotopic (exact) mass is 381 g/mol. The Bertz CT molecular complexity index is 957. The number of rotatable bonds is 6. The van der Waals surface area contributed by atoms with Crippen LogP contribution in [0.3, 0.4) is 0 Å². The fraction of sp³-hybridized carbons (Fsp3) is 0.357. The maximum Gasteiger partial charge on any atom is 0.332 e. The molecule has 0 radical (unpaired) electrons. The molecule has 1 aromatic rings. The van der Waals surface area contributed by atoms with Crippen molar-refractivity contribution in [2.24, 2.45) is 11.5 Å². The average molecular weight is 381 g/mol. The van der Waals surface area contributed by atoms with Crippen molar-refractivity contribution in [3.63, 3.8) is 0 Å². The number of nitrogens with two attached hydrogens (primary N) is 2. The first-order valence-electron chi connectivity index (χ1n) is 7.35. The Morgan fingerprint density at radius 1 is 1.52 bits per heavy atom. The summed E-state index contributed by atoms with van der Waals surface area (Å²) in [5.74, 6) is -3.29. The molecule has 27 heavy (non-hydrogen) atoms. The van der Waals surface area contributed by atoms with Crippen LogP contribution in [0.4, 0.5) is 0 Å². The minimum atomic E-state index is -2.44. The van der Waals surface area contributed by atoms with Gasteiger partial charge in [0, 0.05) is 12.3 Å². The van der Waals surface area contributed by atoms with Crippen LogP contribution in [0.1, 0.15) is 6.42 Å². The molecular weight excluding hydrogens is 366 g/mol. The van der Waals surface area contributed by atoms with Crippen LogP contribution in [0.5, 0.6) is 0 Å². The number of nitrogens with zero attached hydrogens (tertiary/aromatic N) is 2. The Morgan fingerprint density at radius 3 is 2.74 bits per heavy atom. The zero-order valence-electron chi connectivity index (χ0n) is 13.6. The Kier molecular flexibility index (Phi) is 5.34. The molecule has 0 saturated heterocycles. The second-order valence-electron chi connectivity index (χ2n) is 5.49. The second kappa shape index (κ2) is 7.32. The molecule has 13 nitrogen and oxygen atoms in total. The molecule has 2 heterocycles. The number of aromatic nitrogens is 2. The summed E-state index contributed by atoms with van der Waals surface area (Å²) in [5, 5.41) is 29.6. The number of ether oxygens (including phenoxy) is 2. The summed E-state index contributed by atoms with van der Waals surface area (Å²) in [6, 6.07) is 1.08. The number of esters is 1. The summed E-state index contributed by atoms with van der Waals surface area (Å²) < 4.78 is 10.5. The number of H-pyrrole nitrogens is 1. The lowest BCUT2D eigenvalue weighted by Crippen LogP contribution is -2.49. The molecule has 1 aromatic heterocycles. The van der Waals surface area contributed by atoms with Gasteiger partial charge in [-0.3, -0.25) is 19.4 Å². The number of carbonyl (C=O) groups is 2. The Labute approximate surface area is 150 Å². The van der Waals surface area contributed by atoms with Crippen LogP contribution in [0, 0.1) is 11.3 Å². The van der Waals surface area contributed by atoms with E-state index in [1.54, 1.807) is 6.07 Å². The van der Waals surface area contributed by atoms with Crippen LogP contribution in [-0.2, 0) is 24.8 Å². The van der Waals surface area contributed by atoms with Crippen molar-refractivity contribution in [3.8, 4) is 6.07 Å². The standard InChI is InChI=1S/C14H15N5O8/c15-5-14(19-2-1-9(21)18-13(19)25)11(23)10(22)7(27-14)4-26-12(24)6(16)3-8(17)20/h1-2,6,11,22-23H,3-4,16H2,(H2,17,20)(H,18,21,25)/t6-,11?,14-/m1/s1. The van der Waals surface area contributed by atoms with E-state index in [0.29, 0.717) is 4.57 Å². The number of nitrogens with one attached hydrogen (secondary N) is 1. The van der Waals surface area contributed by atoms with Gasteiger partial charge in [-0.1, -0.05) is 0 Å². The zero-order chi connectivity index (χ0) is 20.4. The van der Waals surface area contributed by atoms with E-state index in [0.717, 1.165) is 12.3 Å². The van der Waals surface area contributed by atoms with Crippen molar-refractivity contribution in [1.82, 2.24) is 9.55 Å². The lowest BCUT2D eigenvalue weighted by molar-refractivity contribution is -0.147. The maximum atomic E-state index is 11.9. The minimum Gasteiger partial charge on any atom is -0.506 e. The lowest BCUT2D eigenvalue weighted by Gasteiger charge is -2.26. The summed E-state index contributed by atoms with van der Waals surface area (Å²) in [5.41, 5.74) is 6.01. The molecule has 144 valence electrons. The van der Waals surface area contributed by atoms with E-state index in [1.165, 1.54) is 0 Å². The Morgan fingerprint density at radius 2 is 2.19 bits per heavy atom. The number of aliphatic hydroxyl groups excluding tert-OH is 2. The first-order valence-corrected chi connectivity index (χ1v) is 7.35. The van der Waals surface area contributed by atoms with Gasteiger partial charge in [-0.2, -0.15) is 5.26 Å². The summed E-state index contributed by atoms with van der Waals surface area (Å²) in [6.45, 7) is -0.754. The number of primary amides is 1. The molecule has 2 rings (SSSR count). The number of hydrogen-bond donors (Lipinski definition) is 5. The first kappa shape index (κ1) is 19.7. The fourth-order valence-electron chi connectivity index (χ4n) is 2.28. The van der Waals surface area contributed by atoms with Crippen molar-refractivity contribution < 1.29 is 29.3 Å². The van der Waals surface area contributed by atoms with Gasteiger partial charge in [0.05, 0.1) is 6.42 Å². The number of hydrogen-bond acceptors (Lipinski definition) is 10. The quantitative estimate of drug-likeness (QED) is 0.307. The fourth-order valence-corrected chi connectivity index (χ4v) is 2.28. The SMILES string of the molecule is N#C[C@@]1(n2ccc(=O)[nH]c2=O)OC(COC(=O)[C@H](N)CC(N)=O)=C(O)C1O. The Hall–Kier alpha value is -3.63. The van der Waals surface area contributed by atoms with E-state index in [4.69, 9.17) is 20.9 Å². The molecule has 13 heteroatoms. The van der Waals surface area contributed by atoms with E-state index in [2.05, 4.69) is 0 Å². The van der Waals surface area contributed by atoms with Gasteiger partial charge in [-0.25, -0.2) is 9.36 Å². The largest absolute Gasteiger partial charge is 0.506 e. The number of nitriles is 1. The summed E-state index contributed by atoms with van der Waals surface area (Å²) >= 11 is 0. The van der Waals surface area contributed by atoms with Gasteiger partial charge < -0.3 is 31.2 Å². The van der Waals surface area contributed by atoms with Crippen molar-refractivity contribution in [2.75, 3.05) is 6.61 Å². The van der Waals surface area contributed by atoms with Gasteiger partial charge in [0.15, 0.2) is 24.2 Å². The number of carbonyl (C=O) groups excluding carboxylic acids is 2. The molecule has 1 amide bonds. The third kappa shape index (κ3) is 3.66. The third-order valence-electron chi connectivity index (χ3n) is 3.61. The molecule has 3 atom stereocenters. The molecule has 1 aliphatic heterocycles. The van der Waals surface area contributed by atoms with E-state index in [-0.39, 0.29) is 0 Å². The van der Waals surface area contributed by atoms with E-state index in [1.807, 2.05) is 4.98 Å². The highest BCUT2D eigenvalue weighted by Gasteiger charge is 2.53. The van der Waals surface area contributed by atoms with Gasteiger partial charge in [-0.15, -0.1) is 0 Å². The van der Waals surface area contributed by atoms with Crippen molar-refractivity contribution >= 4 is 11.9 Å². The van der Waals surface area contributed by atoms with Gasteiger partial charge in [0.2, 0.25) is 5.91 Å². The van der Waals surface area contributed by atoms with E-state index in [9.17, 15) is 34.7 Å². The van der Waals surface area contributed by atoms with E-state index < -0.39 is 65.5 Å². The van der Waals surface area contributed by atoms with Gasteiger partial charge >= 0.3 is 17.4 Å². The smallest absolute Gasteiger partial charge is 0.332 e. The molecule has 0 spiro atoms. The predicted octanol–water partition coefficient (Wildman–Crippen LogP) is -3.38. The normalized spacial score (nSPS) is 22.6. The molecule has 7 N–H and O–H groups in total. The molecule has 0 saturated carbocycles. The van der Waals surface area contributed by atoms with Crippen LogP contribution in [0.2, 0.25) is 0 Å².